The summed E-state index contributed by atoms with van der Waals surface area (Å²) in [5.74, 6) is -1.15. The van der Waals surface area contributed by atoms with E-state index in [1.54, 1.807) is 55.6 Å². The molecule has 37 heavy (non-hydrogen) atoms. The summed E-state index contributed by atoms with van der Waals surface area (Å²) >= 11 is 9.45. The van der Waals surface area contributed by atoms with Crippen molar-refractivity contribution >= 4 is 57.2 Å². The molecule has 192 valence electrons. The molecule has 0 fully saturated rings. The molecule has 0 aromatic heterocycles. The fraction of sp³-hybridized carbons (Fsp3) is 0.154. The highest BCUT2D eigenvalue weighted by atomic mass is 79.9. The lowest BCUT2D eigenvalue weighted by atomic mass is 10.2. The van der Waals surface area contributed by atoms with Gasteiger partial charge in [0.15, 0.2) is 6.61 Å². The number of ether oxygens (including phenoxy) is 2. The normalized spacial score (nSPS) is 10.6. The smallest absolute Gasteiger partial charge is 0.329 e. The molecular weight excluding hydrogens is 564 g/mol. The van der Waals surface area contributed by atoms with Gasteiger partial charge in [-0.05, 0) is 66.6 Å². The number of nitrogens with one attached hydrogen (secondary N) is 3. The number of hydrazone groups is 1. The molecule has 0 radical (unpaired) electrons. The molecule has 0 aliphatic heterocycles. The van der Waals surface area contributed by atoms with Crippen molar-refractivity contribution in [1.82, 2.24) is 10.7 Å². The molecule has 0 bridgehead atoms. The van der Waals surface area contributed by atoms with Gasteiger partial charge in [0.05, 0.1) is 13.3 Å². The highest BCUT2D eigenvalue weighted by Crippen LogP contribution is 2.22. The van der Waals surface area contributed by atoms with Gasteiger partial charge in [-0.25, -0.2) is 5.43 Å². The molecule has 0 saturated heterocycles. The van der Waals surface area contributed by atoms with Crippen molar-refractivity contribution in [2.24, 2.45) is 5.10 Å². The molecule has 11 heteroatoms. The van der Waals surface area contributed by atoms with Gasteiger partial charge >= 0.3 is 11.8 Å². The maximum Gasteiger partial charge on any atom is 0.329 e. The van der Waals surface area contributed by atoms with E-state index in [-0.39, 0.29) is 19.1 Å². The van der Waals surface area contributed by atoms with Crippen molar-refractivity contribution in [2.45, 2.75) is 13.5 Å². The van der Waals surface area contributed by atoms with Crippen LogP contribution in [0, 0.1) is 6.92 Å². The summed E-state index contributed by atoms with van der Waals surface area (Å²) in [6, 6.07) is 17.3. The van der Waals surface area contributed by atoms with E-state index in [2.05, 4.69) is 37.1 Å². The largest absolute Gasteiger partial charge is 0.497 e. The monoisotopic (exact) mass is 586 g/mol. The Balaban J connectivity index is 1.53. The summed E-state index contributed by atoms with van der Waals surface area (Å²) in [7, 11) is 1.56. The number of benzene rings is 3. The lowest BCUT2D eigenvalue weighted by molar-refractivity contribution is -0.139. The molecule has 3 aromatic carbocycles. The Morgan fingerprint density at radius 1 is 1.03 bits per heavy atom. The van der Waals surface area contributed by atoms with Crippen LogP contribution in [0.15, 0.2) is 70.2 Å². The van der Waals surface area contributed by atoms with Crippen LogP contribution < -0.4 is 25.5 Å². The Morgan fingerprint density at radius 3 is 2.49 bits per heavy atom. The Labute approximate surface area is 227 Å². The van der Waals surface area contributed by atoms with E-state index < -0.39 is 11.8 Å². The maximum atomic E-state index is 12.4. The Bertz CT molecular complexity index is 1310. The number of aryl methyl sites for hydroxylation is 1. The number of halogens is 2. The quantitative estimate of drug-likeness (QED) is 0.197. The molecule has 3 aromatic rings. The predicted molar refractivity (Wildman–Crippen MR) is 145 cm³/mol. The highest BCUT2D eigenvalue weighted by molar-refractivity contribution is 9.10. The van der Waals surface area contributed by atoms with Gasteiger partial charge in [-0.3, -0.25) is 14.4 Å². The van der Waals surface area contributed by atoms with E-state index in [1.165, 1.54) is 6.21 Å². The minimum absolute atomic E-state index is 0.161. The Hall–Kier alpha value is -3.89. The van der Waals surface area contributed by atoms with Crippen LogP contribution in [0.25, 0.3) is 0 Å². The van der Waals surface area contributed by atoms with Crippen molar-refractivity contribution in [3.05, 3.63) is 86.8 Å². The topological polar surface area (TPSA) is 118 Å². The highest BCUT2D eigenvalue weighted by Gasteiger charge is 2.13. The molecule has 0 heterocycles. The number of hydrogen-bond donors (Lipinski definition) is 3. The Morgan fingerprint density at radius 2 is 1.78 bits per heavy atom. The third-order valence-corrected chi connectivity index (χ3v) is 5.71. The second kappa shape index (κ2) is 13.4. The second-order valence-electron chi connectivity index (χ2n) is 7.71. The number of nitrogens with zero attached hydrogens (tertiary/aromatic N) is 1. The molecule has 0 aliphatic rings. The lowest BCUT2D eigenvalue weighted by Crippen LogP contribution is -2.37. The molecule has 0 spiro atoms. The van der Waals surface area contributed by atoms with Crippen LogP contribution in [0.2, 0.25) is 5.02 Å². The van der Waals surface area contributed by atoms with Crippen molar-refractivity contribution in [3.8, 4) is 11.5 Å². The van der Waals surface area contributed by atoms with E-state index in [9.17, 15) is 14.4 Å². The average Bonchev–Trinajstić information content (AvgIpc) is 2.88. The molecule has 3 rings (SSSR count). The van der Waals surface area contributed by atoms with Crippen LogP contribution >= 0.6 is 27.5 Å². The zero-order chi connectivity index (χ0) is 26.8. The second-order valence-corrected chi connectivity index (χ2v) is 9.06. The molecule has 0 atom stereocenters. The van der Waals surface area contributed by atoms with E-state index in [1.807, 2.05) is 19.1 Å². The average molecular weight is 588 g/mol. The summed E-state index contributed by atoms with van der Waals surface area (Å²) in [5.41, 5.74) is 4.92. The molecule has 3 amide bonds. The first kappa shape index (κ1) is 27.7. The third-order valence-electron chi connectivity index (χ3n) is 4.98. The first-order chi connectivity index (χ1) is 17.7. The van der Waals surface area contributed by atoms with Crippen LogP contribution in [0.3, 0.4) is 0 Å². The number of carbonyl (C=O) groups is 3. The molecule has 0 aliphatic carbocycles. The predicted octanol–water partition coefficient (Wildman–Crippen LogP) is 4.20. The maximum absolute atomic E-state index is 12.4. The van der Waals surface area contributed by atoms with Crippen LogP contribution in [0.1, 0.15) is 16.7 Å². The minimum Gasteiger partial charge on any atom is -0.497 e. The summed E-state index contributed by atoms with van der Waals surface area (Å²) in [5, 5.41) is 9.50. The number of hydrogen-bond acceptors (Lipinski definition) is 6. The number of amides is 3. The van der Waals surface area contributed by atoms with Crippen molar-refractivity contribution < 1.29 is 23.9 Å². The van der Waals surface area contributed by atoms with Crippen LogP contribution in [-0.2, 0) is 20.9 Å². The number of carbonyl (C=O) groups excluding carboxylic acids is 3. The number of rotatable bonds is 9. The van der Waals surface area contributed by atoms with E-state index in [0.717, 1.165) is 15.6 Å². The van der Waals surface area contributed by atoms with Gasteiger partial charge < -0.3 is 20.1 Å². The zero-order valence-corrected chi connectivity index (χ0v) is 22.4. The summed E-state index contributed by atoms with van der Waals surface area (Å²) in [4.78, 5) is 36.5. The summed E-state index contributed by atoms with van der Waals surface area (Å²) < 4.78 is 11.6. The summed E-state index contributed by atoms with van der Waals surface area (Å²) in [6.07, 6.45) is 1.27. The van der Waals surface area contributed by atoms with Gasteiger partial charge in [-0.1, -0.05) is 39.7 Å². The molecular formula is C26H24BrClN4O5. The van der Waals surface area contributed by atoms with Gasteiger partial charge in [0.2, 0.25) is 0 Å². The van der Waals surface area contributed by atoms with Crippen molar-refractivity contribution in [3.63, 3.8) is 0 Å². The third kappa shape index (κ3) is 8.62. The molecule has 9 nitrogen and oxygen atoms in total. The Kier molecular flexibility index (Phi) is 10.0. The zero-order valence-electron chi connectivity index (χ0n) is 20.0. The first-order valence-electron chi connectivity index (χ1n) is 11.0. The van der Waals surface area contributed by atoms with Gasteiger partial charge in [-0.15, -0.1) is 0 Å². The van der Waals surface area contributed by atoms with E-state index >= 15 is 0 Å². The van der Waals surface area contributed by atoms with Crippen LogP contribution in [0.5, 0.6) is 11.5 Å². The molecule has 3 N–H and O–H groups in total. The van der Waals surface area contributed by atoms with Crippen LogP contribution in [-0.4, -0.2) is 37.7 Å². The van der Waals surface area contributed by atoms with E-state index in [0.29, 0.717) is 27.8 Å². The van der Waals surface area contributed by atoms with Gasteiger partial charge in [0.25, 0.3) is 5.91 Å². The standard InChI is InChI=1S/C26H24BrClN4O5/c1-16-11-19(27)5-9-22(16)31-24(33)15-37-23-10-6-20(28)12-18(23)14-30-32-26(35)25(34)29-13-17-3-7-21(36-2)8-4-17/h3-12,14H,13,15H2,1-2H3,(H,29,34)(H,31,33)(H,32,35)/b30-14-. The van der Waals surface area contributed by atoms with Gasteiger partial charge in [0.1, 0.15) is 11.5 Å². The van der Waals surface area contributed by atoms with Gasteiger partial charge in [0, 0.05) is 27.3 Å². The van der Waals surface area contributed by atoms with Crippen LogP contribution in [0.4, 0.5) is 5.69 Å². The fourth-order valence-corrected chi connectivity index (χ4v) is 3.72. The van der Waals surface area contributed by atoms with Gasteiger partial charge in [-0.2, -0.15) is 5.10 Å². The first-order valence-corrected chi connectivity index (χ1v) is 12.1. The van der Waals surface area contributed by atoms with Crippen molar-refractivity contribution in [2.75, 3.05) is 19.0 Å². The molecule has 0 saturated carbocycles. The van der Waals surface area contributed by atoms with Crippen molar-refractivity contribution in [1.29, 1.82) is 0 Å². The SMILES string of the molecule is COc1ccc(CNC(=O)C(=O)N/N=C\c2cc(Cl)ccc2OCC(=O)Nc2ccc(Br)cc2C)cc1. The fourth-order valence-electron chi connectivity index (χ4n) is 3.07. The number of anilines is 1. The van der Waals surface area contributed by atoms with E-state index in [4.69, 9.17) is 21.1 Å². The minimum atomic E-state index is -0.946. The lowest BCUT2D eigenvalue weighted by Gasteiger charge is -2.11. The molecule has 0 unspecified atom stereocenters. The number of methoxy groups -OCH3 is 1. The summed E-state index contributed by atoms with van der Waals surface area (Å²) in [6.45, 7) is 1.77.